The summed E-state index contributed by atoms with van der Waals surface area (Å²) in [6.07, 6.45) is 4.59. The van der Waals surface area contributed by atoms with Crippen molar-refractivity contribution in [2.75, 3.05) is 12.3 Å². The van der Waals surface area contributed by atoms with Crippen LogP contribution in [0.5, 0.6) is 0 Å². The van der Waals surface area contributed by atoms with Crippen LogP contribution in [0.1, 0.15) is 160 Å². The van der Waals surface area contributed by atoms with Crippen molar-refractivity contribution in [2.24, 2.45) is 0 Å². The van der Waals surface area contributed by atoms with E-state index in [2.05, 4.69) is 0 Å². The van der Waals surface area contributed by atoms with E-state index in [0.717, 1.165) is 0 Å². The maximum absolute atomic E-state index is 10.9. The minimum Gasteiger partial charge on any atom is -0.546 e. The second kappa shape index (κ2) is 38.9. The Kier molecular flexibility index (Phi) is 45.2. The Bertz CT molecular complexity index is 896. The maximum Gasteiger partial charge on any atom is 2.00 e. The Morgan fingerprint density at radius 1 is 0.344 bits per heavy atom. The molecule has 0 aliphatic rings. The van der Waals surface area contributed by atoms with Gasteiger partial charge in [0, 0.05) is 38.5 Å². The SMILES string of the molecule is CCC(O)P(C(O)CC)C(O)CC.CCC(O)P(C(O)CC)C(O)CC.CCC(O)[P+](CC(=O)[O-])(C(O)CC)C(O)CC.CCC(O)[P+](CC(=O)[O-])(C(O)CC)C(O)CC.[Pd+2]. The van der Waals surface area contributed by atoms with Gasteiger partial charge < -0.3 is 81.1 Å². The normalized spacial score (nSPS) is 20.2. The molecule has 0 aromatic heterocycles. The van der Waals surface area contributed by atoms with Crippen molar-refractivity contribution in [3.8, 4) is 0 Å². The molecule has 0 heterocycles. The van der Waals surface area contributed by atoms with Gasteiger partial charge >= 0.3 is 20.4 Å². The van der Waals surface area contributed by atoms with Gasteiger partial charge in [-0.15, -0.1) is 0 Å². The molecule has 12 unspecified atom stereocenters. The first-order chi connectivity index (χ1) is 27.9. The van der Waals surface area contributed by atoms with E-state index in [4.69, 9.17) is 0 Å². The Labute approximate surface area is 384 Å². The fraction of sp³-hybridized carbons (Fsp3) is 0.950. The van der Waals surface area contributed by atoms with Crippen LogP contribution in [0.4, 0.5) is 0 Å². The molecule has 12 N–H and O–H groups in total. The molecule has 0 aliphatic carbocycles. The Morgan fingerprint density at radius 2 is 0.475 bits per heavy atom. The predicted molar refractivity (Wildman–Crippen MR) is 243 cm³/mol. The summed E-state index contributed by atoms with van der Waals surface area (Å²) < 4.78 is 0. The topological polar surface area (TPSA) is 323 Å². The molecular formula is C40H88O16P4Pd+2. The van der Waals surface area contributed by atoms with E-state index in [9.17, 15) is 81.1 Å². The number of carbonyl (C=O) groups excluding carboxylic acids is 2. The monoisotopic (exact) mass is 1050 g/mol. The van der Waals surface area contributed by atoms with Gasteiger partial charge in [0.15, 0.2) is 35.1 Å². The number of hydrogen-bond donors (Lipinski definition) is 12. The molecule has 372 valence electrons. The van der Waals surface area contributed by atoms with Crippen LogP contribution in [0.25, 0.3) is 0 Å². The summed E-state index contributed by atoms with van der Waals surface area (Å²) in [5.41, 5.74) is 0. The molecule has 16 nitrogen and oxygen atoms in total. The van der Waals surface area contributed by atoms with Gasteiger partial charge in [-0.25, -0.2) is 0 Å². The standard InChI is InChI=1S/2C11H23O5P.2C9H21O3P.Pd/c2*1-4-9(14)17(7-8(12)13,10(15)5-2)11(16)6-3;2*1-4-7(10)13(8(11)5-2)9(12)6-3;/h2*9-11,14-16H,4-7H2,1-3H3;2*7-12H,4-6H2,1-3H3;/q;;;;+2. The van der Waals surface area contributed by atoms with Crippen LogP contribution < -0.4 is 10.2 Å². The fourth-order valence-corrected chi connectivity index (χ4v) is 20.3. The number of hydrogen-bond acceptors (Lipinski definition) is 16. The van der Waals surface area contributed by atoms with Gasteiger partial charge in [-0.2, -0.15) is 0 Å². The smallest absolute Gasteiger partial charge is 0.546 e. The summed E-state index contributed by atoms with van der Waals surface area (Å²) in [6, 6.07) is 0. The third-order valence-corrected chi connectivity index (χ3v) is 27.4. The molecule has 0 radical (unpaired) electrons. The average Bonchev–Trinajstić information content (AvgIpc) is 3.25. The number of rotatable bonds is 28. The van der Waals surface area contributed by atoms with E-state index < -0.39 is 125 Å². The van der Waals surface area contributed by atoms with E-state index in [1.165, 1.54) is 0 Å². The third-order valence-electron chi connectivity index (χ3n) is 10.6. The zero-order chi connectivity index (χ0) is 48.1. The van der Waals surface area contributed by atoms with Crippen LogP contribution in [0.15, 0.2) is 0 Å². The van der Waals surface area contributed by atoms with Crippen LogP contribution in [0.2, 0.25) is 0 Å². The van der Waals surface area contributed by atoms with Gasteiger partial charge in [-0.3, -0.25) is 0 Å². The van der Waals surface area contributed by atoms with Crippen LogP contribution in [-0.4, -0.2) is 156 Å². The molecule has 61 heavy (non-hydrogen) atoms. The quantitative estimate of drug-likeness (QED) is 0.0396. The summed E-state index contributed by atoms with van der Waals surface area (Å²) >= 11 is 0. The molecule has 0 aliphatic heterocycles. The molecular weight excluding hydrogens is 967 g/mol. The van der Waals surface area contributed by atoms with E-state index in [-0.39, 0.29) is 20.4 Å². The van der Waals surface area contributed by atoms with Gasteiger partial charge in [0.25, 0.3) is 0 Å². The molecule has 0 bridgehead atoms. The third kappa shape index (κ3) is 23.4. The first-order valence-electron chi connectivity index (χ1n) is 21.7. The Hall–Kier alpha value is 0.842. The molecule has 12 atom stereocenters. The molecule has 21 heteroatoms. The number of aliphatic hydroxyl groups excluding tert-OH is 12. The zero-order valence-corrected chi connectivity index (χ0v) is 44.1. The van der Waals surface area contributed by atoms with Crippen molar-refractivity contribution in [3.05, 3.63) is 0 Å². The van der Waals surface area contributed by atoms with Gasteiger partial charge in [-0.1, -0.05) is 83.1 Å². The molecule has 0 saturated heterocycles. The number of carboxylic acid groups (broad SMARTS) is 2. The molecule has 0 saturated carbocycles. The van der Waals surface area contributed by atoms with E-state index >= 15 is 0 Å². The van der Waals surface area contributed by atoms with Crippen molar-refractivity contribution in [2.45, 2.75) is 230 Å². The van der Waals surface area contributed by atoms with E-state index in [0.29, 0.717) is 77.0 Å². The van der Waals surface area contributed by atoms with Gasteiger partial charge in [0.05, 0.1) is 47.0 Å². The van der Waals surface area contributed by atoms with Crippen molar-refractivity contribution in [3.63, 3.8) is 0 Å². The van der Waals surface area contributed by atoms with Gasteiger partial charge in [0.2, 0.25) is 0 Å². The molecule has 0 spiro atoms. The molecule has 0 aromatic carbocycles. The second-order valence-electron chi connectivity index (χ2n) is 14.6. The molecule has 0 amide bonds. The largest absolute Gasteiger partial charge is 2.00 e. The van der Waals surface area contributed by atoms with E-state index in [1.54, 1.807) is 41.5 Å². The average molecular weight is 1060 g/mol. The van der Waals surface area contributed by atoms with Crippen LogP contribution in [0, 0.1) is 0 Å². The summed E-state index contributed by atoms with van der Waals surface area (Å²) in [5, 5.41) is 140. The zero-order valence-electron chi connectivity index (χ0n) is 38.9. The summed E-state index contributed by atoms with van der Waals surface area (Å²) in [7, 11) is -7.80. The minimum atomic E-state index is -2.82. The fourth-order valence-electron chi connectivity index (χ4n) is 6.77. The van der Waals surface area contributed by atoms with Gasteiger partial charge in [-0.05, 0) is 54.4 Å². The summed E-state index contributed by atoms with van der Waals surface area (Å²) in [4.78, 5) is 21.7. The Balaban J connectivity index is -0.000000229. The van der Waals surface area contributed by atoms with Crippen molar-refractivity contribution >= 4 is 42.3 Å². The first kappa shape index (κ1) is 70.9. The number of carboxylic acids is 2. The Morgan fingerprint density at radius 3 is 0.557 bits per heavy atom. The van der Waals surface area contributed by atoms with Gasteiger partial charge in [0.1, 0.15) is 26.8 Å². The predicted octanol–water partition coefficient (Wildman–Crippen LogP) is 3.18. The molecule has 0 rings (SSSR count). The number of carbonyl (C=O) groups is 2. The van der Waals surface area contributed by atoms with Crippen molar-refractivity contribution in [1.29, 1.82) is 0 Å². The first-order valence-corrected chi connectivity index (χ1v) is 29.2. The van der Waals surface area contributed by atoms with Crippen LogP contribution in [-0.2, 0) is 30.0 Å². The summed E-state index contributed by atoms with van der Waals surface area (Å²) in [6.45, 7) is 21.4. The summed E-state index contributed by atoms with van der Waals surface area (Å²) in [5.74, 6) is -11.7. The number of aliphatic carboxylic acids is 2. The van der Waals surface area contributed by atoms with Crippen LogP contribution in [0.3, 0.4) is 0 Å². The van der Waals surface area contributed by atoms with Crippen molar-refractivity contribution < 1.29 is 102 Å². The van der Waals surface area contributed by atoms with Crippen molar-refractivity contribution in [1.82, 2.24) is 0 Å². The minimum absolute atomic E-state index is 0. The second-order valence-corrected chi connectivity index (χ2v) is 28.2. The van der Waals surface area contributed by atoms with E-state index in [1.807, 2.05) is 41.5 Å². The number of aliphatic hydroxyl groups is 12. The maximum atomic E-state index is 10.9. The molecule has 0 fully saturated rings. The molecule has 0 aromatic rings. The van der Waals surface area contributed by atoms with Crippen LogP contribution >= 0.6 is 30.4 Å².